The van der Waals surface area contributed by atoms with Crippen LogP contribution in [0.2, 0.25) is 0 Å². The third-order valence-corrected chi connectivity index (χ3v) is 4.03. The van der Waals surface area contributed by atoms with Gasteiger partial charge in [-0.15, -0.1) is 6.58 Å². The van der Waals surface area contributed by atoms with Gasteiger partial charge in [0.15, 0.2) is 11.3 Å². The van der Waals surface area contributed by atoms with Gasteiger partial charge in [0.05, 0.1) is 16.4 Å². The lowest BCUT2D eigenvalue weighted by Gasteiger charge is -2.24. The second-order valence-electron chi connectivity index (χ2n) is 3.82. The maximum atomic E-state index is 10.7. The molecule has 1 aromatic heterocycles. The quantitative estimate of drug-likeness (QED) is 0.397. The molecular weight excluding hydrogens is 286 g/mol. The topological polar surface area (TPSA) is 67.6 Å². The zero-order chi connectivity index (χ0) is 13.8. The molecule has 1 aromatic rings. The van der Waals surface area contributed by atoms with Gasteiger partial charge < -0.3 is 15.0 Å². The van der Waals surface area contributed by atoms with Crippen molar-refractivity contribution in [3.8, 4) is 0 Å². The molecule has 0 radical (unpaired) electrons. The van der Waals surface area contributed by atoms with E-state index in [4.69, 9.17) is 17.0 Å². The molecule has 1 saturated heterocycles. The van der Waals surface area contributed by atoms with E-state index in [1.165, 1.54) is 6.07 Å². The zero-order valence-corrected chi connectivity index (χ0v) is 11.7. The van der Waals surface area contributed by atoms with Gasteiger partial charge in [-0.3, -0.25) is 10.1 Å². The number of thiocarbonyl (C=S) groups is 1. The molecule has 6 nitrogen and oxygen atoms in total. The van der Waals surface area contributed by atoms with Gasteiger partial charge in [-0.2, -0.15) is 0 Å². The molecular formula is C11H13N3O3S2. The Morgan fingerprint density at radius 1 is 1.79 bits per heavy atom. The van der Waals surface area contributed by atoms with Crippen LogP contribution in [0.3, 0.4) is 0 Å². The van der Waals surface area contributed by atoms with Crippen LogP contribution in [0.15, 0.2) is 24.8 Å². The van der Waals surface area contributed by atoms with Gasteiger partial charge in [-0.1, -0.05) is 17.4 Å². The highest BCUT2D eigenvalue weighted by atomic mass is 32.1. The SMILES string of the molecule is C=CCNC(=S)N1CCO[C@H]1c1ccc([N+](=O)[O-])s1. The van der Waals surface area contributed by atoms with Gasteiger partial charge in [0.2, 0.25) is 0 Å². The molecule has 0 amide bonds. The average Bonchev–Trinajstić information content (AvgIpc) is 3.02. The maximum Gasteiger partial charge on any atom is 0.324 e. The van der Waals surface area contributed by atoms with Crippen LogP contribution < -0.4 is 5.32 Å². The second-order valence-corrected chi connectivity index (χ2v) is 5.30. The molecule has 19 heavy (non-hydrogen) atoms. The smallest absolute Gasteiger partial charge is 0.324 e. The minimum atomic E-state index is -0.401. The van der Waals surface area contributed by atoms with E-state index in [9.17, 15) is 10.1 Å². The molecule has 1 aliphatic heterocycles. The first-order valence-electron chi connectivity index (χ1n) is 5.64. The zero-order valence-electron chi connectivity index (χ0n) is 10.1. The number of hydrogen-bond acceptors (Lipinski definition) is 5. The molecule has 2 rings (SSSR count). The Morgan fingerprint density at radius 3 is 3.21 bits per heavy atom. The van der Waals surface area contributed by atoms with Crippen molar-refractivity contribution in [1.29, 1.82) is 0 Å². The highest BCUT2D eigenvalue weighted by Gasteiger charge is 2.31. The molecule has 0 aliphatic carbocycles. The normalized spacial score (nSPS) is 18.3. The Morgan fingerprint density at radius 2 is 2.58 bits per heavy atom. The van der Waals surface area contributed by atoms with Gasteiger partial charge in [-0.25, -0.2) is 0 Å². The van der Waals surface area contributed by atoms with Crippen molar-refractivity contribution < 1.29 is 9.66 Å². The van der Waals surface area contributed by atoms with Gasteiger partial charge >= 0.3 is 5.00 Å². The molecule has 1 N–H and O–H groups in total. The molecule has 1 aliphatic rings. The van der Waals surface area contributed by atoms with Crippen LogP contribution in [0.1, 0.15) is 11.1 Å². The molecule has 8 heteroatoms. The highest BCUT2D eigenvalue weighted by molar-refractivity contribution is 7.80. The molecule has 1 atom stereocenters. The van der Waals surface area contributed by atoms with Crippen LogP contribution in [0.4, 0.5) is 5.00 Å². The van der Waals surface area contributed by atoms with E-state index in [1.807, 2.05) is 4.90 Å². The number of nitrogens with zero attached hydrogens (tertiary/aromatic N) is 2. The number of thiophene rings is 1. The fourth-order valence-electron chi connectivity index (χ4n) is 1.75. The fourth-order valence-corrected chi connectivity index (χ4v) is 2.90. The van der Waals surface area contributed by atoms with Crippen molar-refractivity contribution in [3.63, 3.8) is 0 Å². The summed E-state index contributed by atoms with van der Waals surface area (Å²) in [5.41, 5.74) is 0. The van der Waals surface area contributed by atoms with Crippen LogP contribution in [0.5, 0.6) is 0 Å². The Hall–Kier alpha value is -1.51. The van der Waals surface area contributed by atoms with Crippen molar-refractivity contribution in [2.24, 2.45) is 0 Å². The highest BCUT2D eigenvalue weighted by Crippen LogP contribution is 2.35. The Bertz CT molecular complexity index is 503. The van der Waals surface area contributed by atoms with Crippen molar-refractivity contribution in [2.45, 2.75) is 6.23 Å². The van der Waals surface area contributed by atoms with Crippen molar-refractivity contribution in [1.82, 2.24) is 10.2 Å². The molecule has 0 saturated carbocycles. The summed E-state index contributed by atoms with van der Waals surface area (Å²) in [4.78, 5) is 13.0. The monoisotopic (exact) mass is 299 g/mol. The van der Waals surface area contributed by atoms with Crippen LogP contribution in [0, 0.1) is 10.1 Å². The van der Waals surface area contributed by atoms with E-state index in [0.717, 1.165) is 16.2 Å². The number of hydrogen-bond donors (Lipinski definition) is 1. The predicted octanol–water partition coefficient (Wildman–Crippen LogP) is 2.05. The van der Waals surface area contributed by atoms with Gasteiger partial charge in [0.25, 0.3) is 0 Å². The minimum absolute atomic E-state index is 0.107. The predicted molar refractivity (Wildman–Crippen MR) is 77.2 cm³/mol. The van der Waals surface area contributed by atoms with E-state index < -0.39 is 4.92 Å². The van der Waals surface area contributed by atoms with Crippen molar-refractivity contribution in [2.75, 3.05) is 19.7 Å². The van der Waals surface area contributed by atoms with E-state index in [0.29, 0.717) is 24.8 Å². The summed E-state index contributed by atoms with van der Waals surface area (Å²) in [6.45, 7) is 5.40. The summed E-state index contributed by atoms with van der Waals surface area (Å²) in [5.74, 6) is 0. The van der Waals surface area contributed by atoms with E-state index in [2.05, 4.69) is 11.9 Å². The third kappa shape index (κ3) is 3.09. The van der Waals surface area contributed by atoms with Crippen LogP contribution in [-0.4, -0.2) is 34.6 Å². The molecule has 0 aromatic carbocycles. The molecule has 2 heterocycles. The Kier molecular flexibility index (Phi) is 4.46. The Labute approximate surface area is 119 Å². The summed E-state index contributed by atoms with van der Waals surface area (Å²) >= 11 is 6.38. The maximum absolute atomic E-state index is 10.7. The second kappa shape index (κ2) is 6.09. The van der Waals surface area contributed by atoms with E-state index >= 15 is 0 Å². The van der Waals surface area contributed by atoms with Gasteiger partial charge in [-0.05, 0) is 18.3 Å². The van der Waals surface area contributed by atoms with Gasteiger partial charge in [0.1, 0.15) is 0 Å². The first kappa shape index (κ1) is 13.9. The molecule has 0 spiro atoms. The molecule has 0 unspecified atom stereocenters. The Balaban J connectivity index is 2.11. The number of rotatable bonds is 4. The minimum Gasteiger partial charge on any atom is -0.359 e. The average molecular weight is 299 g/mol. The third-order valence-electron chi connectivity index (χ3n) is 2.59. The summed E-state index contributed by atoms with van der Waals surface area (Å²) in [5, 5.41) is 14.4. The largest absolute Gasteiger partial charge is 0.359 e. The lowest BCUT2D eigenvalue weighted by Crippen LogP contribution is -2.39. The van der Waals surface area contributed by atoms with Gasteiger partial charge in [0, 0.05) is 19.2 Å². The lowest BCUT2D eigenvalue weighted by molar-refractivity contribution is -0.380. The van der Waals surface area contributed by atoms with Crippen molar-refractivity contribution >= 4 is 33.7 Å². The number of nitro groups is 1. The summed E-state index contributed by atoms with van der Waals surface area (Å²) in [6.07, 6.45) is 1.37. The molecule has 0 bridgehead atoms. The van der Waals surface area contributed by atoms with E-state index in [-0.39, 0.29) is 11.2 Å². The van der Waals surface area contributed by atoms with Crippen LogP contribution in [-0.2, 0) is 4.74 Å². The van der Waals surface area contributed by atoms with Crippen LogP contribution >= 0.6 is 23.6 Å². The standard InChI is InChI=1S/C11H13N3O3S2/c1-2-5-12-11(18)13-6-7-17-10(13)8-3-4-9(19-8)14(15)16/h2-4,10H,1,5-7H2,(H,12,18)/t10-/m0/s1. The molecule has 102 valence electrons. The van der Waals surface area contributed by atoms with E-state index in [1.54, 1.807) is 12.1 Å². The first-order chi connectivity index (χ1) is 9.13. The first-order valence-corrected chi connectivity index (χ1v) is 6.87. The number of ether oxygens (including phenoxy) is 1. The molecule has 1 fully saturated rings. The number of nitrogens with one attached hydrogen (secondary N) is 1. The summed E-state index contributed by atoms with van der Waals surface area (Å²) in [7, 11) is 0. The summed E-state index contributed by atoms with van der Waals surface area (Å²) in [6, 6.07) is 3.20. The fraction of sp³-hybridized carbons (Fsp3) is 0.364. The summed E-state index contributed by atoms with van der Waals surface area (Å²) < 4.78 is 5.61. The lowest BCUT2D eigenvalue weighted by atomic mass is 10.4. The van der Waals surface area contributed by atoms with Crippen LogP contribution in [0.25, 0.3) is 0 Å². The van der Waals surface area contributed by atoms with Crippen molar-refractivity contribution in [3.05, 3.63) is 39.8 Å².